The first-order valence-corrected chi connectivity index (χ1v) is 8.64. The zero-order valence-electron chi connectivity index (χ0n) is 14.9. The Hall–Kier alpha value is -2.69. The molecule has 3 N–H and O–H groups in total. The average Bonchev–Trinajstić information content (AvgIpc) is 2.97. The van der Waals surface area contributed by atoms with Gasteiger partial charge in [0.2, 0.25) is 12.1 Å². The highest BCUT2D eigenvalue weighted by Crippen LogP contribution is 2.16. The molecule has 0 aliphatic carbocycles. The normalized spacial score (nSPS) is 12.8. The number of nitrogens with zero attached hydrogens (tertiary/aromatic N) is 2. The van der Waals surface area contributed by atoms with E-state index in [1.807, 2.05) is 0 Å². The third-order valence-corrected chi connectivity index (χ3v) is 3.53. The van der Waals surface area contributed by atoms with Crippen LogP contribution in [0.5, 0.6) is 0 Å². The van der Waals surface area contributed by atoms with Gasteiger partial charge in [0.15, 0.2) is 5.13 Å². The Morgan fingerprint density at radius 2 is 2.15 bits per heavy atom. The number of carboxylic acid groups (broad SMARTS) is 1. The van der Waals surface area contributed by atoms with Crippen LogP contribution in [-0.4, -0.2) is 52.5 Å². The van der Waals surface area contributed by atoms with Crippen LogP contribution in [0.25, 0.3) is 0 Å². The molecule has 1 rings (SSSR count). The number of aromatic nitrogens is 1. The van der Waals surface area contributed by atoms with Crippen LogP contribution in [0.3, 0.4) is 0 Å². The molecule has 1 unspecified atom stereocenters. The molecule has 10 nitrogen and oxygen atoms in total. The second kappa shape index (κ2) is 9.70. The van der Waals surface area contributed by atoms with Gasteiger partial charge in [-0.25, -0.2) is 14.6 Å². The number of alkyl carbamates (subject to hydrolysis) is 1. The van der Waals surface area contributed by atoms with Crippen LogP contribution in [-0.2, 0) is 19.2 Å². The van der Waals surface area contributed by atoms with E-state index in [-0.39, 0.29) is 17.4 Å². The van der Waals surface area contributed by atoms with E-state index in [1.54, 1.807) is 27.7 Å². The molecule has 0 aliphatic rings. The summed E-state index contributed by atoms with van der Waals surface area (Å²) in [7, 11) is 0. The first-order chi connectivity index (χ1) is 12.2. The van der Waals surface area contributed by atoms with E-state index in [1.165, 1.54) is 5.38 Å². The molecular weight excluding hydrogens is 364 g/mol. The number of anilines is 1. The number of rotatable bonds is 9. The highest BCUT2D eigenvalue weighted by Gasteiger charge is 2.20. The van der Waals surface area contributed by atoms with Crippen molar-refractivity contribution in [1.82, 2.24) is 10.3 Å². The van der Waals surface area contributed by atoms with Gasteiger partial charge in [0.05, 0.1) is 6.54 Å². The molecule has 0 aromatic carbocycles. The first-order valence-electron chi connectivity index (χ1n) is 7.76. The summed E-state index contributed by atoms with van der Waals surface area (Å²) in [6, 6.07) is 0. The Labute approximate surface area is 154 Å². The third kappa shape index (κ3) is 7.47. The molecule has 11 heteroatoms. The van der Waals surface area contributed by atoms with Crippen molar-refractivity contribution in [1.29, 1.82) is 0 Å². The third-order valence-electron chi connectivity index (χ3n) is 2.75. The molecule has 26 heavy (non-hydrogen) atoms. The van der Waals surface area contributed by atoms with Gasteiger partial charge in [-0.1, -0.05) is 12.1 Å². The second-order valence-corrected chi connectivity index (χ2v) is 6.92. The fraction of sp³-hybridized carbons (Fsp3) is 0.533. The van der Waals surface area contributed by atoms with Gasteiger partial charge in [-0.2, -0.15) is 0 Å². The lowest BCUT2D eigenvalue weighted by Gasteiger charge is -2.21. The van der Waals surface area contributed by atoms with Gasteiger partial charge in [0, 0.05) is 5.38 Å². The summed E-state index contributed by atoms with van der Waals surface area (Å²) < 4.78 is 5.11. The number of carbonyl (C=O) groups is 3. The Morgan fingerprint density at radius 3 is 2.69 bits per heavy atom. The van der Waals surface area contributed by atoms with E-state index in [0.717, 1.165) is 11.3 Å². The van der Waals surface area contributed by atoms with Crippen molar-refractivity contribution in [2.45, 2.75) is 45.8 Å². The Balaban J connectivity index is 2.72. The summed E-state index contributed by atoms with van der Waals surface area (Å²) in [5, 5.41) is 19.5. The number of hydrogen-bond acceptors (Lipinski definition) is 8. The van der Waals surface area contributed by atoms with Crippen molar-refractivity contribution in [2.75, 3.05) is 11.9 Å². The van der Waals surface area contributed by atoms with Crippen LogP contribution in [0, 0.1) is 0 Å². The lowest BCUT2D eigenvalue weighted by Crippen LogP contribution is -2.37. The fourth-order valence-electron chi connectivity index (χ4n) is 1.59. The summed E-state index contributed by atoms with van der Waals surface area (Å²) in [6.45, 7) is 7.12. The predicted octanol–water partition coefficient (Wildman–Crippen LogP) is 1.82. The van der Waals surface area contributed by atoms with Crippen LogP contribution in [0.4, 0.5) is 9.93 Å². The topological polar surface area (TPSA) is 139 Å². The average molecular weight is 386 g/mol. The molecule has 1 atom stereocenters. The van der Waals surface area contributed by atoms with Gasteiger partial charge in [0.1, 0.15) is 17.4 Å². The van der Waals surface area contributed by atoms with Gasteiger partial charge in [-0.3, -0.25) is 4.79 Å². The number of carbonyl (C=O) groups excluding carboxylic acids is 2. The van der Waals surface area contributed by atoms with E-state index in [2.05, 4.69) is 20.8 Å². The molecule has 1 aromatic heterocycles. The molecule has 0 bridgehead atoms. The van der Waals surface area contributed by atoms with Crippen molar-refractivity contribution < 1.29 is 29.1 Å². The van der Waals surface area contributed by atoms with Gasteiger partial charge in [0.25, 0.3) is 0 Å². The molecule has 0 saturated heterocycles. The predicted molar refractivity (Wildman–Crippen MR) is 95.4 cm³/mol. The first kappa shape index (κ1) is 21.4. The quantitative estimate of drug-likeness (QED) is 0.334. The summed E-state index contributed by atoms with van der Waals surface area (Å²) >= 11 is 1.05. The number of oxime groups is 1. The molecular formula is C15H22N4O6S. The Kier molecular flexibility index (Phi) is 7.97. The van der Waals surface area contributed by atoms with Crippen molar-refractivity contribution in [2.24, 2.45) is 5.16 Å². The van der Waals surface area contributed by atoms with E-state index >= 15 is 0 Å². The highest BCUT2D eigenvalue weighted by atomic mass is 32.1. The summed E-state index contributed by atoms with van der Waals surface area (Å²) in [5.74, 6) is -1.33. The molecule has 0 spiro atoms. The van der Waals surface area contributed by atoms with Gasteiger partial charge < -0.3 is 25.3 Å². The Bertz CT molecular complexity index is 667. The molecule has 1 heterocycles. The van der Waals surface area contributed by atoms with Crippen molar-refractivity contribution in [3.8, 4) is 0 Å². The van der Waals surface area contributed by atoms with Crippen LogP contribution in [0.1, 0.15) is 39.8 Å². The van der Waals surface area contributed by atoms with Gasteiger partial charge in [-0.05, 0) is 27.2 Å². The van der Waals surface area contributed by atoms with Crippen LogP contribution in [0.2, 0.25) is 0 Å². The lowest BCUT2D eigenvalue weighted by molar-refractivity contribution is -0.129. The SMILES string of the molecule is CCC(CNC(=O)OC(C)(C)C)ON=C(C(=O)O)c1csc(NC=O)n1. The second-order valence-electron chi connectivity index (χ2n) is 6.06. The molecule has 1 aromatic rings. The summed E-state index contributed by atoms with van der Waals surface area (Å²) in [5.41, 5.74) is -0.975. The van der Waals surface area contributed by atoms with Crippen molar-refractivity contribution >= 4 is 40.7 Å². The molecule has 2 amide bonds. The van der Waals surface area contributed by atoms with Crippen LogP contribution in [0.15, 0.2) is 10.5 Å². The van der Waals surface area contributed by atoms with E-state index in [0.29, 0.717) is 12.8 Å². The number of thiazole rings is 1. The number of ether oxygens (including phenoxy) is 1. The largest absolute Gasteiger partial charge is 0.476 e. The monoisotopic (exact) mass is 386 g/mol. The maximum atomic E-state index is 11.6. The van der Waals surface area contributed by atoms with Crippen molar-refractivity contribution in [3.05, 3.63) is 11.1 Å². The van der Waals surface area contributed by atoms with Crippen LogP contribution >= 0.6 is 11.3 Å². The number of carboxylic acids is 1. The maximum Gasteiger partial charge on any atom is 0.407 e. The number of nitrogens with one attached hydrogen (secondary N) is 2. The van der Waals surface area contributed by atoms with Gasteiger partial charge in [-0.15, -0.1) is 11.3 Å². The minimum absolute atomic E-state index is 0.0572. The smallest absolute Gasteiger partial charge is 0.407 e. The summed E-state index contributed by atoms with van der Waals surface area (Å²) in [4.78, 5) is 42.6. The molecule has 0 aliphatic heterocycles. The van der Waals surface area contributed by atoms with E-state index < -0.39 is 29.5 Å². The number of amides is 2. The zero-order chi connectivity index (χ0) is 19.7. The molecule has 0 radical (unpaired) electrons. The maximum absolute atomic E-state index is 11.6. The minimum atomic E-state index is -1.33. The number of hydrogen-bond donors (Lipinski definition) is 3. The van der Waals surface area contributed by atoms with E-state index in [9.17, 15) is 19.5 Å². The molecule has 0 fully saturated rings. The minimum Gasteiger partial charge on any atom is -0.476 e. The summed E-state index contributed by atoms with van der Waals surface area (Å²) in [6.07, 6.45) is -0.248. The Morgan fingerprint density at radius 1 is 1.46 bits per heavy atom. The van der Waals surface area contributed by atoms with Gasteiger partial charge >= 0.3 is 12.1 Å². The van der Waals surface area contributed by atoms with E-state index in [4.69, 9.17) is 9.57 Å². The van der Waals surface area contributed by atoms with Crippen LogP contribution < -0.4 is 10.6 Å². The highest BCUT2D eigenvalue weighted by molar-refractivity contribution is 7.14. The zero-order valence-corrected chi connectivity index (χ0v) is 15.8. The lowest BCUT2D eigenvalue weighted by atomic mass is 10.2. The molecule has 144 valence electrons. The fourth-order valence-corrected chi connectivity index (χ4v) is 2.24. The van der Waals surface area contributed by atoms with Crippen molar-refractivity contribution in [3.63, 3.8) is 0 Å². The standard InChI is InChI=1S/C15H22N4O6S/c1-5-9(6-16-14(23)24-15(2,3)4)25-19-11(12(21)22)10-7-26-13(18-10)17-8-20/h7-9H,5-6H2,1-4H3,(H,16,23)(H,21,22)(H,17,18,20). The number of aliphatic carboxylic acids is 1. The molecule has 0 saturated carbocycles.